The highest BCUT2D eigenvalue weighted by Crippen LogP contribution is 2.29. The van der Waals surface area contributed by atoms with E-state index in [4.69, 9.17) is 25.8 Å². The Morgan fingerprint density at radius 1 is 1.12 bits per heavy atom. The van der Waals surface area contributed by atoms with Gasteiger partial charge >= 0.3 is 0 Å². The number of carbonyl (C=O) groups is 1. The van der Waals surface area contributed by atoms with Crippen molar-refractivity contribution in [2.24, 2.45) is 0 Å². The van der Waals surface area contributed by atoms with Gasteiger partial charge in [0.1, 0.15) is 5.75 Å². The molecule has 0 atom stereocenters. The number of nitrogens with one attached hydrogen (secondary N) is 1. The summed E-state index contributed by atoms with van der Waals surface area (Å²) in [4.78, 5) is 11.9. The molecule has 2 aromatic carbocycles. The van der Waals surface area contributed by atoms with Crippen LogP contribution in [-0.2, 0) is 11.3 Å². The van der Waals surface area contributed by atoms with E-state index in [1.165, 1.54) is 0 Å². The molecule has 0 radical (unpaired) electrons. The topological polar surface area (TPSA) is 56.8 Å². The van der Waals surface area contributed by atoms with Crippen molar-refractivity contribution in [1.82, 2.24) is 5.32 Å². The quantitative estimate of drug-likeness (QED) is 0.774. The molecule has 0 aliphatic rings. The lowest BCUT2D eigenvalue weighted by molar-refractivity contribution is -0.123. The number of methoxy groups -OCH3 is 1. The number of para-hydroxylation sites is 1. The van der Waals surface area contributed by atoms with Crippen molar-refractivity contribution in [3.05, 3.63) is 53.1 Å². The van der Waals surface area contributed by atoms with E-state index in [1.807, 2.05) is 32.0 Å². The minimum Gasteiger partial charge on any atom is -0.493 e. The Balaban J connectivity index is 1.88. The van der Waals surface area contributed by atoms with Gasteiger partial charge in [0.15, 0.2) is 18.1 Å². The summed E-state index contributed by atoms with van der Waals surface area (Å²) < 4.78 is 16.4. The second kappa shape index (κ2) is 9.18. The predicted octanol–water partition coefficient (Wildman–Crippen LogP) is 3.83. The first-order valence-electron chi connectivity index (χ1n) is 7.97. The molecule has 0 spiro atoms. The average molecular weight is 364 g/mol. The molecule has 2 aromatic rings. The highest BCUT2D eigenvalue weighted by Gasteiger charge is 2.09. The first-order chi connectivity index (χ1) is 12.0. The zero-order chi connectivity index (χ0) is 18.2. The molecule has 0 bridgehead atoms. The molecule has 0 aliphatic carbocycles. The van der Waals surface area contributed by atoms with Gasteiger partial charge in [0.2, 0.25) is 0 Å². The number of hydrogen-bond donors (Lipinski definition) is 1. The van der Waals surface area contributed by atoms with Gasteiger partial charge in [0.25, 0.3) is 5.91 Å². The van der Waals surface area contributed by atoms with Gasteiger partial charge in [-0.1, -0.05) is 29.8 Å². The molecule has 0 aromatic heterocycles. The molecule has 6 heteroatoms. The molecule has 0 unspecified atom stereocenters. The van der Waals surface area contributed by atoms with Crippen molar-refractivity contribution in [3.8, 4) is 17.2 Å². The Morgan fingerprint density at radius 2 is 1.88 bits per heavy atom. The summed E-state index contributed by atoms with van der Waals surface area (Å²) in [7, 11) is 1.59. The second-order valence-electron chi connectivity index (χ2n) is 5.65. The van der Waals surface area contributed by atoms with Gasteiger partial charge in [-0.05, 0) is 43.7 Å². The predicted molar refractivity (Wildman–Crippen MR) is 97.6 cm³/mol. The highest BCUT2D eigenvalue weighted by atomic mass is 35.5. The van der Waals surface area contributed by atoms with Crippen molar-refractivity contribution in [1.29, 1.82) is 0 Å². The molecule has 0 fully saturated rings. The van der Waals surface area contributed by atoms with Crippen molar-refractivity contribution in [3.63, 3.8) is 0 Å². The van der Waals surface area contributed by atoms with Crippen LogP contribution in [0, 0.1) is 0 Å². The fourth-order valence-corrected chi connectivity index (χ4v) is 2.32. The number of ether oxygens (including phenoxy) is 3. The summed E-state index contributed by atoms with van der Waals surface area (Å²) in [6, 6.07) is 12.6. The fourth-order valence-electron chi connectivity index (χ4n) is 2.13. The molecular weight excluding hydrogens is 342 g/mol. The Hall–Kier alpha value is -2.40. The molecule has 25 heavy (non-hydrogen) atoms. The zero-order valence-corrected chi connectivity index (χ0v) is 15.3. The Bertz CT molecular complexity index is 718. The van der Waals surface area contributed by atoms with E-state index >= 15 is 0 Å². The normalized spacial score (nSPS) is 10.4. The van der Waals surface area contributed by atoms with Gasteiger partial charge in [-0.3, -0.25) is 4.79 Å². The van der Waals surface area contributed by atoms with Gasteiger partial charge in [0, 0.05) is 6.54 Å². The van der Waals surface area contributed by atoms with Crippen molar-refractivity contribution in [2.75, 3.05) is 13.7 Å². The molecule has 0 saturated carbocycles. The molecule has 5 nitrogen and oxygen atoms in total. The van der Waals surface area contributed by atoms with Crippen molar-refractivity contribution in [2.45, 2.75) is 26.5 Å². The maximum atomic E-state index is 11.9. The molecule has 134 valence electrons. The summed E-state index contributed by atoms with van der Waals surface area (Å²) >= 11 is 5.98. The highest BCUT2D eigenvalue weighted by molar-refractivity contribution is 6.32. The fraction of sp³-hybridized carbons (Fsp3) is 0.316. The van der Waals surface area contributed by atoms with Crippen LogP contribution in [-0.4, -0.2) is 25.7 Å². The summed E-state index contributed by atoms with van der Waals surface area (Å²) in [6.45, 7) is 4.16. The van der Waals surface area contributed by atoms with Crippen LogP contribution < -0.4 is 19.5 Å². The number of amides is 1. The van der Waals surface area contributed by atoms with Crippen LogP contribution in [0.4, 0.5) is 0 Å². The first kappa shape index (κ1) is 18.9. The number of halogens is 1. The summed E-state index contributed by atoms with van der Waals surface area (Å²) in [6.07, 6.45) is 0.0569. The van der Waals surface area contributed by atoms with Gasteiger partial charge in [-0.25, -0.2) is 0 Å². The van der Waals surface area contributed by atoms with Gasteiger partial charge < -0.3 is 19.5 Å². The largest absolute Gasteiger partial charge is 0.493 e. The number of carbonyl (C=O) groups excluding carboxylic acids is 1. The van der Waals surface area contributed by atoms with Crippen molar-refractivity contribution < 1.29 is 19.0 Å². The summed E-state index contributed by atoms with van der Waals surface area (Å²) in [5, 5.41) is 3.27. The van der Waals surface area contributed by atoms with E-state index in [2.05, 4.69) is 5.32 Å². The lowest BCUT2D eigenvalue weighted by Gasteiger charge is -2.15. The Kier molecular flexibility index (Phi) is 6.95. The molecule has 2 rings (SSSR count). The summed E-state index contributed by atoms with van der Waals surface area (Å²) in [5.74, 6) is 1.56. The lowest BCUT2D eigenvalue weighted by atomic mass is 10.2. The zero-order valence-electron chi connectivity index (χ0n) is 14.5. The van der Waals surface area contributed by atoms with E-state index in [0.29, 0.717) is 28.8 Å². The van der Waals surface area contributed by atoms with Crippen LogP contribution in [0.3, 0.4) is 0 Å². The number of benzene rings is 2. The summed E-state index contributed by atoms with van der Waals surface area (Å²) in [5.41, 5.74) is 0.902. The molecule has 0 saturated heterocycles. The lowest BCUT2D eigenvalue weighted by Crippen LogP contribution is -2.28. The monoisotopic (exact) mass is 363 g/mol. The average Bonchev–Trinajstić information content (AvgIpc) is 2.59. The minimum absolute atomic E-state index is 0.0569. The standard InChI is InChI=1S/C19H22ClNO4/c1-13(2)25-17-9-8-14(10-18(17)23-3)11-21-19(22)12-24-16-7-5-4-6-15(16)20/h4-10,13H,11-12H2,1-3H3,(H,21,22). The van der Waals surface area contributed by atoms with Gasteiger partial charge in [-0.15, -0.1) is 0 Å². The minimum atomic E-state index is -0.235. The maximum Gasteiger partial charge on any atom is 0.258 e. The van der Waals surface area contributed by atoms with Crippen LogP contribution in [0.1, 0.15) is 19.4 Å². The maximum absolute atomic E-state index is 11.9. The van der Waals surface area contributed by atoms with Gasteiger partial charge in [0.05, 0.1) is 18.2 Å². The van der Waals surface area contributed by atoms with Crippen LogP contribution >= 0.6 is 11.6 Å². The third kappa shape index (κ3) is 5.87. The van der Waals surface area contributed by atoms with E-state index in [1.54, 1.807) is 31.4 Å². The van der Waals surface area contributed by atoms with Crippen LogP contribution in [0.5, 0.6) is 17.2 Å². The van der Waals surface area contributed by atoms with E-state index in [0.717, 1.165) is 5.56 Å². The smallest absolute Gasteiger partial charge is 0.258 e. The molecular formula is C19H22ClNO4. The van der Waals surface area contributed by atoms with Crippen LogP contribution in [0.25, 0.3) is 0 Å². The van der Waals surface area contributed by atoms with E-state index in [-0.39, 0.29) is 18.6 Å². The number of hydrogen-bond acceptors (Lipinski definition) is 4. The first-order valence-corrected chi connectivity index (χ1v) is 8.35. The third-order valence-electron chi connectivity index (χ3n) is 3.28. The Morgan fingerprint density at radius 3 is 2.56 bits per heavy atom. The SMILES string of the molecule is COc1cc(CNC(=O)COc2ccccc2Cl)ccc1OC(C)C. The molecule has 0 heterocycles. The van der Waals surface area contributed by atoms with Crippen LogP contribution in [0.2, 0.25) is 5.02 Å². The molecule has 1 N–H and O–H groups in total. The molecule has 0 aliphatic heterocycles. The Labute approximate surface area is 152 Å². The van der Waals surface area contributed by atoms with Crippen LogP contribution in [0.15, 0.2) is 42.5 Å². The molecule has 1 amide bonds. The van der Waals surface area contributed by atoms with Gasteiger partial charge in [-0.2, -0.15) is 0 Å². The van der Waals surface area contributed by atoms with E-state index in [9.17, 15) is 4.79 Å². The third-order valence-corrected chi connectivity index (χ3v) is 3.59. The van der Waals surface area contributed by atoms with Crippen molar-refractivity contribution >= 4 is 17.5 Å². The number of rotatable bonds is 8. The van der Waals surface area contributed by atoms with E-state index < -0.39 is 0 Å². The second-order valence-corrected chi connectivity index (χ2v) is 6.05.